The molecule has 3 unspecified atom stereocenters. The highest BCUT2D eigenvalue weighted by atomic mass is 16.3. The van der Waals surface area contributed by atoms with Gasteiger partial charge in [-0.05, 0) is 24.3 Å². The topological polar surface area (TPSA) is 40.5 Å². The normalized spacial score (nSPS) is 31.5. The van der Waals surface area contributed by atoms with Crippen molar-refractivity contribution in [1.29, 1.82) is 0 Å². The Bertz CT molecular complexity index is 297. The van der Waals surface area contributed by atoms with Crippen LogP contribution in [0, 0.1) is 5.92 Å². The van der Waals surface area contributed by atoms with Gasteiger partial charge in [-0.2, -0.15) is 0 Å². The molecule has 0 aromatic heterocycles. The molecule has 0 spiro atoms. The zero-order chi connectivity index (χ0) is 10.7. The van der Waals surface area contributed by atoms with E-state index in [9.17, 15) is 10.2 Å². The van der Waals surface area contributed by atoms with Crippen molar-refractivity contribution in [2.45, 2.75) is 31.3 Å². The molecule has 0 saturated heterocycles. The quantitative estimate of drug-likeness (QED) is 0.776. The van der Waals surface area contributed by atoms with Crippen LogP contribution < -0.4 is 0 Å². The van der Waals surface area contributed by atoms with Gasteiger partial charge in [-0.3, -0.25) is 0 Å². The summed E-state index contributed by atoms with van der Waals surface area (Å²) in [6.45, 7) is 0.177. The molecule has 1 aliphatic rings. The van der Waals surface area contributed by atoms with Crippen LogP contribution in [-0.2, 0) is 0 Å². The highest BCUT2D eigenvalue weighted by Gasteiger charge is 2.32. The van der Waals surface area contributed by atoms with Gasteiger partial charge in [0.2, 0.25) is 0 Å². The van der Waals surface area contributed by atoms with E-state index in [4.69, 9.17) is 0 Å². The van der Waals surface area contributed by atoms with Crippen molar-refractivity contribution in [2.75, 3.05) is 6.61 Å². The van der Waals surface area contributed by atoms with Crippen molar-refractivity contribution in [3.63, 3.8) is 0 Å². The summed E-state index contributed by atoms with van der Waals surface area (Å²) in [4.78, 5) is 0. The smallest absolute Gasteiger partial charge is 0.0612 e. The van der Waals surface area contributed by atoms with E-state index in [2.05, 4.69) is 0 Å². The van der Waals surface area contributed by atoms with Gasteiger partial charge in [0.15, 0.2) is 0 Å². The molecule has 1 fully saturated rings. The number of hydrogen-bond donors (Lipinski definition) is 2. The van der Waals surface area contributed by atoms with Crippen molar-refractivity contribution in [3.8, 4) is 0 Å². The summed E-state index contributed by atoms with van der Waals surface area (Å²) in [6, 6.07) is 10.0. The minimum absolute atomic E-state index is 0.116. The Morgan fingerprint density at radius 1 is 1.13 bits per heavy atom. The minimum atomic E-state index is -0.293. The Kier molecular flexibility index (Phi) is 3.39. The first kappa shape index (κ1) is 10.7. The summed E-state index contributed by atoms with van der Waals surface area (Å²) < 4.78 is 0. The lowest BCUT2D eigenvalue weighted by molar-refractivity contribution is 0.0493. The second-order valence-corrected chi connectivity index (χ2v) is 4.38. The summed E-state index contributed by atoms with van der Waals surface area (Å²) in [5.41, 5.74) is 1.16. The Labute approximate surface area is 90.6 Å². The van der Waals surface area contributed by atoms with E-state index in [1.165, 1.54) is 0 Å². The standard InChI is InChI=1S/C13H18O2/c14-9-11-7-4-8-12(15)13(11)10-5-2-1-3-6-10/h1-3,5-6,11-15H,4,7-9H2. The van der Waals surface area contributed by atoms with E-state index in [1.807, 2.05) is 30.3 Å². The molecule has 1 aromatic rings. The summed E-state index contributed by atoms with van der Waals surface area (Å²) in [6.07, 6.45) is 2.61. The van der Waals surface area contributed by atoms with Crippen molar-refractivity contribution in [3.05, 3.63) is 35.9 Å². The van der Waals surface area contributed by atoms with Crippen LogP contribution >= 0.6 is 0 Å². The lowest BCUT2D eigenvalue weighted by atomic mass is 9.74. The second-order valence-electron chi connectivity index (χ2n) is 4.38. The maximum Gasteiger partial charge on any atom is 0.0612 e. The van der Waals surface area contributed by atoms with Crippen molar-refractivity contribution < 1.29 is 10.2 Å². The van der Waals surface area contributed by atoms with Gasteiger partial charge in [-0.1, -0.05) is 36.8 Å². The molecule has 15 heavy (non-hydrogen) atoms. The fourth-order valence-electron chi connectivity index (χ4n) is 2.64. The van der Waals surface area contributed by atoms with Gasteiger partial charge in [0.25, 0.3) is 0 Å². The van der Waals surface area contributed by atoms with E-state index >= 15 is 0 Å². The first-order valence-corrected chi connectivity index (χ1v) is 5.67. The monoisotopic (exact) mass is 206 g/mol. The molecule has 3 atom stereocenters. The van der Waals surface area contributed by atoms with Gasteiger partial charge < -0.3 is 10.2 Å². The molecule has 1 saturated carbocycles. The average molecular weight is 206 g/mol. The predicted molar refractivity (Wildman–Crippen MR) is 59.6 cm³/mol. The lowest BCUT2D eigenvalue weighted by Gasteiger charge is -2.34. The summed E-state index contributed by atoms with van der Waals surface area (Å²) in [5.74, 6) is 0.334. The van der Waals surface area contributed by atoms with Gasteiger partial charge in [0.1, 0.15) is 0 Å². The zero-order valence-electron chi connectivity index (χ0n) is 8.84. The molecule has 0 aliphatic heterocycles. The van der Waals surface area contributed by atoms with Crippen LogP contribution in [0.25, 0.3) is 0 Å². The van der Waals surface area contributed by atoms with Crippen LogP contribution in [0.15, 0.2) is 30.3 Å². The zero-order valence-corrected chi connectivity index (χ0v) is 8.84. The van der Waals surface area contributed by atoms with E-state index in [-0.39, 0.29) is 24.5 Å². The summed E-state index contributed by atoms with van der Waals surface area (Å²) in [7, 11) is 0. The molecule has 2 rings (SSSR count). The van der Waals surface area contributed by atoms with Gasteiger partial charge in [-0.25, -0.2) is 0 Å². The molecule has 0 bridgehead atoms. The van der Waals surface area contributed by atoms with E-state index in [1.54, 1.807) is 0 Å². The van der Waals surface area contributed by atoms with Crippen LogP contribution in [-0.4, -0.2) is 22.9 Å². The number of benzene rings is 1. The number of aliphatic hydroxyl groups is 2. The Morgan fingerprint density at radius 3 is 2.53 bits per heavy atom. The van der Waals surface area contributed by atoms with Crippen LogP contribution in [0.1, 0.15) is 30.7 Å². The summed E-state index contributed by atoms with van der Waals surface area (Å²) in [5, 5.41) is 19.3. The van der Waals surface area contributed by atoms with Gasteiger partial charge in [0, 0.05) is 12.5 Å². The van der Waals surface area contributed by atoms with Crippen molar-refractivity contribution in [1.82, 2.24) is 0 Å². The highest BCUT2D eigenvalue weighted by Crippen LogP contribution is 2.37. The first-order chi connectivity index (χ1) is 7.33. The predicted octanol–water partition coefficient (Wildman–Crippen LogP) is 1.92. The summed E-state index contributed by atoms with van der Waals surface area (Å²) >= 11 is 0. The third-order valence-corrected chi connectivity index (χ3v) is 3.42. The number of aliphatic hydroxyl groups excluding tert-OH is 2. The third-order valence-electron chi connectivity index (χ3n) is 3.42. The molecule has 0 radical (unpaired) electrons. The second kappa shape index (κ2) is 4.77. The molecule has 82 valence electrons. The van der Waals surface area contributed by atoms with E-state index < -0.39 is 0 Å². The molecular formula is C13H18O2. The minimum Gasteiger partial charge on any atom is -0.396 e. The molecule has 1 aromatic carbocycles. The van der Waals surface area contributed by atoms with Gasteiger partial charge in [-0.15, -0.1) is 0 Å². The maximum absolute atomic E-state index is 10.0. The van der Waals surface area contributed by atoms with Crippen LogP contribution in [0.4, 0.5) is 0 Å². The van der Waals surface area contributed by atoms with Crippen molar-refractivity contribution >= 4 is 0 Å². The third kappa shape index (κ3) is 2.21. The molecule has 2 N–H and O–H groups in total. The molecule has 0 amide bonds. The highest BCUT2D eigenvalue weighted by molar-refractivity contribution is 5.22. The maximum atomic E-state index is 10.0. The van der Waals surface area contributed by atoms with Crippen LogP contribution in [0.2, 0.25) is 0 Å². The SMILES string of the molecule is OCC1CCCC(O)C1c1ccccc1. The fourth-order valence-corrected chi connectivity index (χ4v) is 2.64. The van der Waals surface area contributed by atoms with E-state index in [0.717, 1.165) is 24.8 Å². The molecule has 0 heterocycles. The first-order valence-electron chi connectivity index (χ1n) is 5.67. The largest absolute Gasteiger partial charge is 0.396 e. The van der Waals surface area contributed by atoms with Gasteiger partial charge in [0.05, 0.1) is 6.10 Å². The Hall–Kier alpha value is -0.860. The molecule has 2 nitrogen and oxygen atoms in total. The number of rotatable bonds is 2. The van der Waals surface area contributed by atoms with Gasteiger partial charge >= 0.3 is 0 Å². The Morgan fingerprint density at radius 2 is 1.87 bits per heavy atom. The lowest BCUT2D eigenvalue weighted by Crippen LogP contribution is -2.32. The number of hydrogen-bond acceptors (Lipinski definition) is 2. The van der Waals surface area contributed by atoms with Crippen LogP contribution in [0.5, 0.6) is 0 Å². The average Bonchev–Trinajstić information content (AvgIpc) is 2.29. The van der Waals surface area contributed by atoms with E-state index in [0.29, 0.717) is 0 Å². The Balaban J connectivity index is 2.23. The molecular weight excluding hydrogens is 188 g/mol. The fraction of sp³-hybridized carbons (Fsp3) is 0.538. The van der Waals surface area contributed by atoms with Crippen molar-refractivity contribution in [2.24, 2.45) is 5.92 Å². The molecule has 1 aliphatic carbocycles. The molecule has 2 heteroatoms. The van der Waals surface area contributed by atoms with Crippen LogP contribution in [0.3, 0.4) is 0 Å².